The molecule has 0 amide bonds. The Balaban J connectivity index is 2.35. The summed E-state index contributed by atoms with van der Waals surface area (Å²) in [6, 6.07) is 2.31. The van der Waals surface area contributed by atoms with Crippen molar-refractivity contribution < 1.29 is 9.53 Å². The van der Waals surface area contributed by atoms with Gasteiger partial charge in [-0.25, -0.2) is 0 Å². The summed E-state index contributed by atoms with van der Waals surface area (Å²) in [5.41, 5.74) is -0.766. The predicted molar refractivity (Wildman–Crippen MR) is 63.9 cm³/mol. The lowest BCUT2D eigenvalue weighted by atomic mass is 9.57. The van der Waals surface area contributed by atoms with E-state index in [9.17, 15) is 10.1 Å². The molecule has 0 aliphatic heterocycles. The number of nitriles is 1. The molecule has 3 nitrogen and oxygen atoms in total. The highest BCUT2D eigenvalue weighted by molar-refractivity contribution is 5.98. The fourth-order valence-electron chi connectivity index (χ4n) is 3.29. The molecule has 1 fully saturated rings. The van der Waals surface area contributed by atoms with Gasteiger partial charge in [-0.1, -0.05) is 19.8 Å². The van der Waals surface area contributed by atoms with Gasteiger partial charge in [0.15, 0.2) is 5.78 Å². The Bertz CT molecular complexity index is 394. The number of fused-ring (bicyclic) bond motifs is 1. The van der Waals surface area contributed by atoms with Crippen LogP contribution in [0, 0.1) is 28.6 Å². The normalized spacial score (nSPS) is 36.8. The Labute approximate surface area is 102 Å². The molecule has 1 saturated carbocycles. The van der Waals surface area contributed by atoms with E-state index in [0.717, 1.165) is 25.0 Å². The molecule has 0 N–H and O–H groups in total. The van der Waals surface area contributed by atoms with Gasteiger partial charge in [0.25, 0.3) is 0 Å². The first-order valence-electron chi connectivity index (χ1n) is 6.43. The summed E-state index contributed by atoms with van der Waals surface area (Å²) in [6.45, 7) is 4.65. The van der Waals surface area contributed by atoms with Crippen molar-refractivity contribution in [1.82, 2.24) is 0 Å². The molecule has 17 heavy (non-hydrogen) atoms. The standard InChI is InChI=1S/C14H19NO2/c1-3-17-11-7-12-10(2)5-4-6-14(12,9-15)13(16)8-11/h8,10,12H,3-7H2,1-2H3/t10-,12-,14+/m1/s1. The van der Waals surface area contributed by atoms with Crippen LogP contribution in [0.4, 0.5) is 0 Å². The smallest absolute Gasteiger partial charge is 0.179 e. The molecule has 2 aliphatic rings. The average Bonchev–Trinajstić information content (AvgIpc) is 2.31. The van der Waals surface area contributed by atoms with Crippen LogP contribution in [-0.2, 0) is 9.53 Å². The molecule has 0 aromatic rings. The molecule has 3 heteroatoms. The Hall–Kier alpha value is -1.30. The molecule has 0 bridgehead atoms. The van der Waals surface area contributed by atoms with E-state index in [1.807, 2.05) is 6.92 Å². The van der Waals surface area contributed by atoms with Crippen LogP contribution in [0.1, 0.15) is 39.5 Å². The first-order valence-corrected chi connectivity index (χ1v) is 6.43. The highest BCUT2D eigenvalue weighted by atomic mass is 16.5. The zero-order valence-corrected chi connectivity index (χ0v) is 10.5. The summed E-state index contributed by atoms with van der Waals surface area (Å²) in [4.78, 5) is 12.2. The van der Waals surface area contributed by atoms with Gasteiger partial charge in [0, 0.05) is 12.5 Å². The van der Waals surface area contributed by atoms with Gasteiger partial charge < -0.3 is 4.74 Å². The molecule has 0 aromatic heterocycles. The van der Waals surface area contributed by atoms with Crippen LogP contribution in [0.2, 0.25) is 0 Å². The zero-order chi connectivity index (χ0) is 12.5. The molecule has 0 radical (unpaired) electrons. The van der Waals surface area contributed by atoms with Crippen molar-refractivity contribution in [2.45, 2.75) is 39.5 Å². The van der Waals surface area contributed by atoms with Crippen molar-refractivity contribution in [2.24, 2.45) is 17.3 Å². The Kier molecular flexibility index (Phi) is 3.24. The third-order valence-corrected chi connectivity index (χ3v) is 4.23. The molecule has 0 aromatic carbocycles. The summed E-state index contributed by atoms with van der Waals surface area (Å²) in [6.07, 6.45) is 5.11. The maximum absolute atomic E-state index is 12.2. The predicted octanol–water partition coefficient (Wildman–Crippen LogP) is 2.83. The second kappa shape index (κ2) is 4.52. The van der Waals surface area contributed by atoms with Crippen LogP contribution < -0.4 is 0 Å². The second-order valence-electron chi connectivity index (χ2n) is 5.17. The van der Waals surface area contributed by atoms with Crippen LogP contribution in [0.15, 0.2) is 11.8 Å². The van der Waals surface area contributed by atoms with Gasteiger partial charge in [-0.2, -0.15) is 5.26 Å². The van der Waals surface area contributed by atoms with E-state index >= 15 is 0 Å². The largest absolute Gasteiger partial charge is 0.498 e. The van der Waals surface area contributed by atoms with Gasteiger partial charge >= 0.3 is 0 Å². The molecule has 0 heterocycles. The fraction of sp³-hybridized carbons (Fsp3) is 0.714. The number of ketones is 1. The van der Waals surface area contributed by atoms with Gasteiger partial charge in [0.2, 0.25) is 0 Å². The van der Waals surface area contributed by atoms with E-state index in [2.05, 4.69) is 13.0 Å². The summed E-state index contributed by atoms with van der Waals surface area (Å²) < 4.78 is 5.47. The molecule has 2 aliphatic carbocycles. The van der Waals surface area contributed by atoms with Crippen molar-refractivity contribution >= 4 is 5.78 Å². The lowest BCUT2D eigenvalue weighted by Gasteiger charge is -2.43. The molecule has 0 saturated heterocycles. The minimum Gasteiger partial charge on any atom is -0.498 e. The van der Waals surface area contributed by atoms with Gasteiger partial charge in [0.1, 0.15) is 5.41 Å². The molecule has 0 spiro atoms. The lowest BCUT2D eigenvalue weighted by Crippen LogP contribution is -2.45. The highest BCUT2D eigenvalue weighted by Gasteiger charge is 2.51. The van der Waals surface area contributed by atoms with E-state index < -0.39 is 5.41 Å². The Morgan fingerprint density at radius 1 is 1.65 bits per heavy atom. The van der Waals surface area contributed by atoms with E-state index in [0.29, 0.717) is 18.9 Å². The fourth-order valence-corrected chi connectivity index (χ4v) is 3.29. The van der Waals surface area contributed by atoms with Gasteiger partial charge in [-0.15, -0.1) is 0 Å². The van der Waals surface area contributed by atoms with E-state index in [4.69, 9.17) is 4.74 Å². The molecular formula is C14H19NO2. The third kappa shape index (κ3) is 1.86. The summed E-state index contributed by atoms with van der Waals surface area (Å²) >= 11 is 0. The molecular weight excluding hydrogens is 214 g/mol. The molecule has 92 valence electrons. The van der Waals surface area contributed by atoms with Crippen LogP contribution in [0.25, 0.3) is 0 Å². The number of hydrogen-bond donors (Lipinski definition) is 0. The maximum Gasteiger partial charge on any atom is 0.179 e. The summed E-state index contributed by atoms with van der Waals surface area (Å²) in [5.74, 6) is 1.30. The van der Waals surface area contributed by atoms with E-state index in [1.165, 1.54) is 0 Å². The number of rotatable bonds is 2. The first-order chi connectivity index (χ1) is 8.14. The Morgan fingerprint density at radius 3 is 3.06 bits per heavy atom. The van der Waals surface area contributed by atoms with Crippen LogP contribution in [-0.4, -0.2) is 12.4 Å². The topological polar surface area (TPSA) is 50.1 Å². The quantitative estimate of drug-likeness (QED) is 0.737. The molecule has 2 rings (SSSR count). The third-order valence-electron chi connectivity index (χ3n) is 4.23. The van der Waals surface area contributed by atoms with Crippen molar-refractivity contribution in [1.29, 1.82) is 5.26 Å². The van der Waals surface area contributed by atoms with Crippen molar-refractivity contribution in [3.63, 3.8) is 0 Å². The minimum atomic E-state index is -0.766. The molecule has 0 unspecified atom stereocenters. The van der Waals surface area contributed by atoms with Gasteiger partial charge in [-0.3, -0.25) is 4.79 Å². The second-order valence-corrected chi connectivity index (χ2v) is 5.17. The summed E-state index contributed by atoms with van der Waals surface area (Å²) in [7, 11) is 0. The number of ether oxygens (including phenoxy) is 1. The SMILES string of the molecule is CCOC1=CC(=O)[C@]2(C#N)CCC[C@@H](C)[C@H]2C1. The van der Waals surface area contributed by atoms with Gasteiger partial charge in [-0.05, 0) is 25.2 Å². The zero-order valence-electron chi connectivity index (χ0n) is 10.5. The van der Waals surface area contributed by atoms with E-state index in [-0.39, 0.29) is 11.7 Å². The van der Waals surface area contributed by atoms with Gasteiger partial charge in [0.05, 0.1) is 18.4 Å². The van der Waals surface area contributed by atoms with Crippen molar-refractivity contribution in [3.8, 4) is 6.07 Å². The van der Waals surface area contributed by atoms with Crippen LogP contribution in [0.3, 0.4) is 0 Å². The Morgan fingerprint density at radius 2 is 2.41 bits per heavy atom. The average molecular weight is 233 g/mol. The van der Waals surface area contributed by atoms with Crippen molar-refractivity contribution in [2.75, 3.05) is 6.61 Å². The van der Waals surface area contributed by atoms with Crippen LogP contribution in [0.5, 0.6) is 0 Å². The first kappa shape index (κ1) is 12.2. The number of hydrogen-bond acceptors (Lipinski definition) is 3. The minimum absolute atomic E-state index is 0.0359. The number of carbonyl (C=O) groups is 1. The monoisotopic (exact) mass is 233 g/mol. The highest BCUT2D eigenvalue weighted by Crippen LogP contribution is 2.50. The maximum atomic E-state index is 12.2. The number of carbonyl (C=O) groups excluding carboxylic acids is 1. The van der Waals surface area contributed by atoms with Crippen LogP contribution >= 0.6 is 0 Å². The van der Waals surface area contributed by atoms with Crippen molar-refractivity contribution in [3.05, 3.63) is 11.8 Å². The molecule has 3 atom stereocenters. The number of allylic oxidation sites excluding steroid dienone is 2. The van der Waals surface area contributed by atoms with E-state index in [1.54, 1.807) is 6.08 Å². The number of nitrogens with zero attached hydrogens (tertiary/aromatic N) is 1. The lowest BCUT2D eigenvalue weighted by molar-refractivity contribution is -0.128. The summed E-state index contributed by atoms with van der Waals surface area (Å²) in [5, 5.41) is 9.44.